The summed E-state index contributed by atoms with van der Waals surface area (Å²) < 4.78 is 5.07. The molecule has 2 aromatic carbocycles. The summed E-state index contributed by atoms with van der Waals surface area (Å²) in [4.78, 5) is 17.0. The Morgan fingerprint density at radius 2 is 1.73 bits per heavy atom. The van der Waals surface area contributed by atoms with Crippen LogP contribution in [0.15, 0.2) is 88.0 Å². The number of ether oxygens (including phenoxy) is 1. The van der Waals surface area contributed by atoms with Crippen LogP contribution in [0.25, 0.3) is 0 Å². The average Bonchev–Trinajstić information content (AvgIpc) is 2.78. The van der Waals surface area contributed by atoms with Crippen molar-refractivity contribution in [3.63, 3.8) is 0 Å². The number of para-hydroxylation sites is 2. The predicted molar refractivity (Wildman–Crippen MR) is 124 cm³/mol. The van der Waals surface area contributed by atoms with Gasteiger partial charge in [-0.25, -0.2) is 0 Å². The van der Waals surface area contributed by atoms with E-state index in [9.17, 15) is 4.79 Å². The molecule has 1 atom stereocenters. The molecule has 0 saturated carbocycles. The highest BCUT2D eigenvalue weighted by atomic mass is 35.5. The second kappa shape index (κ2) is 9.77. The molecule has 5 heteroatoms. The molecule has 0 aromatic heterocycles. The molecular formula is C25H27ClN2O2. The highest BCUT2D eigenvalue weighted by Crippen LogP contribution is 2.44. The van der Waals surface area contributed by atoms with Crippen molar-refractivity contribution in [2.45, 2.75) is 26.7 Å². The van der Waals surface area contributed by atoms with E-state index in [0.29, 0.717) is 17.9 Å². The lowest BCUT2D eigenvalue weighted by atomic mass is 9.70. The standard InChI is InChI=1S/C25H27ClN2O2/c1-25(2,24(29)30-3)20-14-18(16-27-21-10-6-4-7-11-21)23(26)19(15-20)17-28-22-12-8-5-9-13-22/h4-13,16-17,20,27H,14-15H2,1-3H3. The van der Waals surface area contributed by atoms with Gasteiger partial charge >= 0.3 is 5.97 Å². The Labute approximate surface area is 183 Å². The molecule has 0 aliphatic heterocycles. The lowest BCUT2D eigenvalue weighted by Crippen LogP contribution is -2.36. The zero-order valence-electron chi connectivity index (χ0n) is 17.6. The Morgan fingerprint density at radius 3 is 2.37 bits per heavy atom. The van der Waals surface area contributed by atoms with Crippen LogP contribution in [0, 0.1) is 11.3 Å². The number of carbonyl (C=O) groups is 1. The van der Waals surface area contributed by atoms with Crippen molar-refractivity contribution < 1.29 is 9.53 Å². The predicted octanol–water partition coefficient (Wildman–Crippen LogP) is 6.49. The molecule has 0 saturated heterocycles. The first kappa shape index (κ1) is 21.8. The first-order chi connectivity index (χ1) is 14.4. The Morgan fingerprint density at radius 1 is 1.10 bits per heavy atom. The van der Waals surface area contributed by atoms with Gasteiger partial charge in [0, 0.05) is 23.1 Å². The molecule has 0 spiro atoms. The number of hydrogen-bond donors (Lipinski definition) is 1. The summed E-state index contributed by atoms with van der Waals surface area (Å²) in [7, 11) is 1.43. The van der Waals surface area contributed by atoms with Crippen molar-refractivity contribution >= 4 is 35.2 Å². The van der Waals surface area contributed by atoms with E-state index < -0.39 is 5.41 Å². The number of nitrogens with zero attached hydrogens (tertiary/aromatic N) is 1. The van der Waals surface area contributed by atoms with Crippen molar-refractivity contribution in [2.75, 3.05) is 12.4 Å². The molecule has 0 radical (unpaired) electrons. The number of nitrogens with one attached hydrogen (secondary N) is 1. The summed E-state index contributed by atoms with van der Waals surface area (Å²) >= 11 is 6.77. The van der Waals surface area contributed by atoms with Crippen molar-refractivity contribution in [1.29, 1.82) is 0 Å². The van der Waals surface area contributed by atoms with Gasteiger partial charge in [-0.3, -0.25) is 9.79 Å². The average molecular weight is 423 g/mol. The van der Waals surface area contributed by atoms with Gasteiger partial charge in [0.1, 0.15) is 0 Å². The van der Waals surface area contributed by atoms with Crippen LogP contribution in [0.5, 0.6) is 0 Å². The molecule has 1 aliphatic rings. The molecule has 4 nitrogen and oxygen atoms in total. The topological polar surface area (TPSA) is 50.7 Å². The number of esters is 1. The molecule has 1 N–H and O–H groups in total. The van der Waals surface area contributed by atoms with Gasteiger partial charge in [-0.05, 0) is 68.0 Å². The van der Waals surface area contributed by atoms with Crippen LogP contribution >= 0.6 is 11.6 Å². The summed E-state index contributed by atoms with van der Waals surface area (Å²) in [6.45, 7) is 3.86. The Bertz CT molecular complexity index is 963. The van der Waals surface area contributed by atoms with Gasteiger partial charge in [0.2, 0.25) is 0 Å². The second-order valence-corrected chi connectivity index (χ2v) is 8.31. The van der Waals surface area contributed by atoms with Crippen LogP contribution in [0.2, 0.25) is 0 Å². The van der Waals surface area contributed by atoms with E-state index in [1.165, 1.54) is 7.11 Å². The van der Waals surface area contributed by atoms with Gasteiger partial charge < -0.3 is 10.1 Å². The van der Waals surface area contributed by atoms with Crippen molar-refractivity contribution in [1.82, 2.24) is 0 Å². The largest absolute Gasteiger partial charge is 0.469 e. The summed E-state index contributed by atoms with van der Waals surface area (Å²) in [6.07, 6.45) is 5.06. The molecule has 30 heavy (non-hydrogen) atoms. The maximum atomic E-state index is 12.4. The zero-order chi connectivity index (χ0) is 21.6. The summed E-state index contributed by atoms with van der Waals surface area (Å²) in [5.74, 6) is -0.186. The fourth-order valence-electron chi connectivity index (χ4n) is 3.53. The maximum absolute atomic E-state index is 12.4. The molecule has 1 aliphatic carbocycles. The summed E-state index contributed by atoms with van der Waals surface area (Å²) in [6, 6.07) is 19.6. The molecule has 2 aromatic rings. The van der Waals surface area contributed by atoms with E-state index in [1.807, 2.05) is 86.9 Å². The number of halogens is 1. The first-order valence-corrected chi connectivity index (χ1v) is 10.4. The molecule has 1 unspecified atom stereocenters. The van der Waals surface area contributed by atoms with Crippen molar-refractivity contribution in [3.05, 3.63) is 83.0 Å². The van der Waals surface area contributed by atoms with Gasteiger partial charge in [0.05, 0.1) is 18.2 Å². The number of aliphatic imine (C=N–C) groups is 1. The SMILES string of the molecule is COC(=O)C(C)(C)C1CC(=CNc2ccccc2)C(Cl)=C(C=Nc2ccccc2)C1. The molecular weight excluding hydrogens is 396 g/mol. The van der Waals surface area contributed by atoms with Gasteiger partial charge in [0.25, 0.3) is 0 Å². The van der Waals surface area contributed by atoms with E-state index in [-0.39, 0.29) is 11.9 Å². The fourth-order valence-corrected chi connectivity index (χ4v) is 3.79. The molecule has 156 valence electrons. The second-order valence-electron chi connectivity index (χ2n) is 7.93. The molecule has 3 rings (SSSR count). The monoisotopic (exact) mass is 422 g/mol. The Hall–Kier alpha value is -2.85. The van der Waals surface area contributed by atoms with Crippen molar-refractivity contribution in [2.24, 2.45) is 16.3 Å². The number of hydrogen-bond acceptors (Lipinski definition) is 4. The van der Waals surface area contributed by atoms with E-state index in [1.54, 1.807) is 0 Å². The minimum absolute atomic E-state index is 0.0356. The van der Waals surface area contributed by atoms with E-state index >= 15 is 0 Å². The Balaban J connectivity index is 1.94. The minimum atomic E-state index is -0.649. The van der Waals surface area contributed by atoms with Crippen LogP contribution < -0.4 is 5.32 Å². The molecule has 0 bridgehead atoms. The number of rotatable bonds is 6. The smallest absolute Gasteiger partial charge is 0.311 e. The quantitative estimate of drug-likeness (QED) is 0.427. The first-order valence-electron chi connectivity index (χ1n) is 9.99. The van der Waals surface area contributed by atoms with Crippen LogP contribution in [0.3, 0.4) is 0 Å². The molecule has 0 heterocycles. The molecule has 0 amide bonds. The van der Waals surface area contributed by atoms with Gasteiger partial charge in [-0.15, -0.1) is 0 Å². The fraction of sp³-hybridized carbons (Fsp3) is 0.280. The molecule has 0 fully saturated rings. The third kappa shape index (κ3) is 5.19. The number of benzene rings is 2. The van der Waals surface area contributed by atoms with Crippen LogP contribution in [-0.2, 0) is 9.53 Å². The van der Waals surface area contributed by atoms with Crippen LogP contribution in [0.4, 0.5) is 11.4 Å². The van der Waals surface area contributed by atoms with Gasteiger partial charge in [0.15, 0.2) is 0 Å². The maximum Gasteiger partial charge on any atom is 0.311 e. The van der Waals surface area contributed by atoms with Gasteiger partial charge in [-0.2, -0.15) is 0 Å². The zero-order valence-corrected chi connectivity index (χ0v) is 18.3. The summed E-state index contributed by atoms with van der Waals surface area (Å²) in [5.41, 5.74) is 3.04. The Kier molecular flexibility index (Phi) is 7.11. The summed E-state index contributed by atoms with van der Waals surface area (Å²) in [5, 5.41) is 3.99. The highest BCUT2D eigenvalue weighted by molar-refractivity contribution is 6.33. The van der Waals surface area contributed by atoms with Crippen molar-refractivity contribution in [3.8, 4) is 0 Å². The minimum Gasteiger partial charge on any atom is -0.469 e. The number of anilines is 1. The van der Waals surface area contributed by atoms with E-state index in [0.717, 1.165) is 22.5 Å². The number of allylic oxidation sites excluding steroid dienone is 3. The number of carbonyl (C=O) groups excluding carboxylic acids is 1. The lowest BCUT2D eigenvalue weighted by molar-refractivity contribution is -0.154. The van der Waals surface area contributed by atoms with Gasteiger partial charge in [-0.1, -0.05) is 48.0 Å². The van der Waals surface area contributed by atoms with Crippen LogP contribution in [-0.4, -0.2) is 19.3 Å². The number of methoxy groups -OCH3 is 1. The van der Waals surface area contributed by atoms with E-state index in [2.05, 4.69) is 10.3 Å². The third-order valence-electron chi connectivity index (χ3n) is 5.54. The van der Waals surface area contributed by atoms with E-state index in [4.69, 9.17) is 16.3 Å². The normalized spacial score (nSPS) is 18.7. The van der Waals surface area contributed by atoms with Crippen LogP contribution in [0.1, 0.15) is 26.7 Å². The highest BCUT2D eigenvalue weighted by Gasteiger charge is 2.40. The third-order valence-corrected chi connectivity index (χ3v) is 6.03. The lowest BCUT2D eigenvalue weighted by Gasteiger charge is -2.36.